The van der Waals surface area contributed by atoms with E-state index in [2.05, 4.69) is 4.98 Å². The van der Waals surface area contributed by atoms with Crippen LogP contribution in [0.25, 0.3) is 6.08 Å². The normalized spacial score (nSPS) is 13.5. The van der Waals surface area contributed by atoms with E-state index in [-0.39, 0.29) is 12.5 Å². The zero-order valence-corrected chi connectivity index (χ0v) is 16.4. The van der Waals surface area contributed by atoms with E-state index in [1.807, 2.05) is 48.9 Å². The lowest BCUT2D eigenvalue weighted by atomic mass is 9.96. The van der Waals surface area contributed by atoms with Gasteiger partial charge in [-0.15, -0.1) is 0 Å². The van der Waals surface area contributed by atoms with Crippen LogP contribution in [0, 0.1) is 11.8 Å². The Hall–Kier alpha value is -2.93. The molecule has 0 radical (unpaired) electrons. The molecule has 150 valence electrons. The number of imidazole rings is 1. The van der Waals surface area contributed by atoms with Gasteiger partial charge in [0, 0.05) is 38.5 Å². The predicted octanol–water partition coefficient (Wildman–Crippen LogP) is 2.61. The first kappa shape index (κ1) is 21.4. The quantitative estimate of drug-likeness (QED) is 0.405. The first-order chi connectivity index (χ1) is 13.4. The molecule has 7 heteroatoms. The van der Waals surface area contributed by atoms with Crippen LogP contribution in [0.4, 0.5) is 0 Å². The highest BCUT2D eigenvalue weighted by Crippen LogP contribution is 2.13. The van der Waals surface area contributed by atoms with Crippen molar-refractivity contribution in [3.05, 3.63) is 60.2 Å². The van der Waals surface area contributed by atoms with Crippen molar-refractivity contribution in [2.75, 3.05) is 6.54 Å². The Kier molecular flexibility index (Phi) is 7.95. The molecule has 2 rings (SSSR count). The lowest BCUT2D eigenvalue weighted by Gasteiger charge is -2.20. The molecule has 0 bridgehead atoms. The van der Waals surface area contributed by atoms with Gasteiger partial charge in [0.05, 0.1) is 12.2 Å². The van der Waals surface area contributed by atoms with Crippen LogP contribution in [-0.2, 0) is 25.6 Å². The van der Waals surface area contributed by atoms with E-state index >= 15 is 0 Å². The van der Waals surface area contributed by atoms with Crippen LogP contribution >= 0.6 is 0 Å². The first-order valence-corrected chi connectivity index (χ1v) is 9.23. The van der Waals surface area contributed by atoms with E-state index in [1.54, 1.807) is 18.6 Å². The highest BCUT2D eigenvalue weighted by molar-refractivity contribution is 5.87. The number of nitrogens with two attached hydrogens (primary N) is 1. The molecule has 0 aliphatic carbocycles. The standard InChI is InChI=1S/C21H27N3O4/c1-15(2)19(12-22)21(26)28-16(3)27-20(25)9-8-17-4-6-18(7-5-17)13-24-11-10-23-14-24/h4-11,14-16,19H,12-13,22H2,1-3H3/b9-8+. The minimum atomic E-state index is -0.977. The van der Waals surface area contributed by atoms with Gasteiger partial charge in [-0.25, -0.2) is 9.78 Å². The molecule has 0 aliphatic rings. The van der Waals surface area contributed by atoms with Gasteiger partial charge in [-0.05, 0) is 23.1 Å². The van der Waals surface area contributed by atoms with Crippen LogP contribution in [0.2, 0.25) is 0 Å². The third-order valence-corrected chi connectivity index (χ3v) is 4.24. The zero-order chi connectivity index (χ0) is 20.5. The van der Waals surface area contributed by atoms with Crippen LogP contribution in [0.1, 0.15) is 31.9 Å². The predicted molar refractivity (Wildman–Crippen MR) is 106 cm³/mol. The largest absolute Gasteiger partial charge is 0.425 e. The minimum Gasteiger partial charge on any atom is -0.425 e. The Balaban J connectivity index is 1.83. The van der Waals surface area contributed by atoms with Gasteiger partial charge in [-0.2, -0.15) is 0 Å². The lowest BCUT2D eigenvalue weighted by Crippen LogP contribution is -2.33. The van der Waals surface area contributed by atoms with Gasteiger partial charge < -0.3 is 19.8 Å². The van der Waals surface area contributed by atoms with Crippen molar-refractivity contribution >= 4 is 18.0 Å². The number of benzene rings is 1. The Morgan fingerprint density at radius 3 is 2.46 bits per heavy atom. The summed E-state index contributed by atoms with van der Waals surface area (Å²) in [5.41, 5.74) is 7.57. The van der Waals surface area contributed by atoms with Crippen molar-refractivity contribution in [2.45, 2.75) is 33.6 Å². The van der Waals surface area contributed by atoms with E-state index in [0.29, 0.717) is 0 Å². The molecule has 0 saturated carbocycles. The van der Waals surface area contributed by atoms with Gasteiger partial charge in [0.1, 0.15) is 0 Å². The Morgan fingerprint density at radius 1 is 1.18 bits per heavy atom. The molecule has 28 heavy (non-hydrogen) atoms. The van der Waals surface area contributed by atoms with E-state index in [4.69, 9.17) is 15.2 Å². The number of ether oxygens (including phenoxy) is 2. The number of carbonyl (C=O) groups is 2. The second-order valence-electron chi connectivity index (χ2n) is 6.84. The lowest BCUT2D eigenvalue weighted by molar-refractivity contribution is -0.185. The molecule has 0 aliphatic heterocycles. The summed E-state index contributed by atoms with van der Waals surface area (Å²) in [5.74, 6) is -1.42. The van der Waals surface area contributed by atoms with Gasteiger partial charge in [0.25, 0.3) is 0 Å². The number of esters is 2. The van der Waals surface area contributed by atoms with E-state index < -0.39 is 24.1 Å². The van der Waals surface area contributed by atoms with Crippen LogP contribution in [-0.4, -0.2) is 34.3 Å². The monoisotopic (exact) mass is 385 g/mol. The number of aromatic nitrogens is 2. The fourth-order valence-electron chi connectivity index (χ4n) is 2.61. The summed E-state index contributed by atoms with van der Waals surface area (Å²) in [6.45, 7) is 6.20. The summed E-state index contributed by atoms with van der Waals surface area (Å²) in [6.07, 6.45) is 7.37. The van der Waals surface area contributed by atoms with Gasteiger partial charge in [-0.3, -0.25) is 4.79 Å². The molecule has 7 nitrogen and oxygen atoms in total. The molecule has 0 fully saturated rings. The van der Waals surface area contributed by atoms with Gasteiger partial charge >= 0.3 is 11.9 Å². The minimum absolute atomic E-state index is 0.0528. The van der Waals surface area contributed by atoms with Gasteiger partial charge in [0.15, 0.2) is 0 Å². The average molecular weight is 385 g/mol. The molecular weight excluding hydrogens is 358 g/mol. The Morgan fingerprint density at radius 2 is 1.89 bits per heavy atom. The summed E-state index contributed by atoms with van der Waals surface area (Å²) in [4.78, 5) is 28.0. The van der Waals surface area contributed by atoms with Gasteiger partial charge in [-0.1, -0.05) is 38.1 Å². The van der Waals surface area contributed by atoms with Crippen LogP contribution in [0.3, 0.4) is 0 Å². The highest BCUT2D eigenvalue weighted by Gasteiger charge is 2.24. The third-order valence-electron chi connectivity index (χ3n) is 4.24. The van der Waals surface area contributed by atoms with Crippen molar-refractivity contribution in [3.63, 3.8) is 0 Å². The maximum absolute atomic E-state index is 12.0. The fourth-order valence-corrected chi connectivity index (χ4v) is 2.61. The van der Waals surface area contributed by atoms with Gasteiger partial charge in [0.2, 0.25) is 6.29 Å². The van der Waals surface area contributed by atoms with Crippen LogP contribution < -0.4 is 5.73 Å². The van der Waals surface area contributed by atoms with E-state index in [1.165, 1.54) is 13.0 Å². The topological polar surface area (TPSA) is 96.4 Å². The summed E-state index contributed by atoms with van der Waals surface area (Å²) < 4.78 is 12.2. The highest BCUT2D eigenvalue weighted by atomic mass is 16.7. The molecule has 2 aromatic rings. The summed E-state index contributed by atoms with van der Waals surface area (Å²) >= 11 is 0. The molecule has 2 unspecified atom stereocenters. The van der Waals surface area contributed by atoms with Crippen molar-refractivity contribution in [2.24, 2.45) is 17.6 Å². The number of carbonyl (C=O) groups excluding carboxylic acids is 2. The molecule has 1 aromatic heterocycles. The van der Waals surface area contributed by atoms with Crippen molar-refractivity contribution < 1.29 is 19.1 Å². The van der Waals surface area contributed by atoms with Crippen LogP contribution in [0.5, 0.6) is 0 Å². The molecule has 1 aromatic carbocycles. The average Bonchev–Trinajstić information content (AvgIpc) is 3.14. The third kappa shape index (κ3) is 6.66. The van der Waals surface area contributed by atoms with Crippen molar-refractivity contribution in [1.29, 1.82) is 0 Å². The summed E-state index contributed by atoms with van der Waals surface area (Å²) in [7, 11) is 0. The SMILES string of the molecule is CC(OC(=O)/C=C/c1ccc(Cn2ccnc2)cc1)OC(=O)C(CN)C(C)C. The van der Waals surface area contributed by atoms with Crippen molar-refractivity contribution in [3.8, 4) is 0 Å². The fraction of sp³-hybridized carbons (Fsp3) is 0.381. The molecule has 0 amide bonds. The second-order valence-corrected chi connectivity index (χ2v) is 6.84. The second kappa shape index (κ2) is 10.4. The van der Waals surface area contributed by atoms with E-state index in [9.17, 15) is 9.59 Å². The number of nitrogens with zero attached hydrogens (tertiary/aromatic N) is 2. The first-order valence-electron chi connectivity index (χ1n) is 9.23. The van der Waals surface area contributed by atoms with E-state index in [0.717, 1.165) is 17.7 Å². The molecule has 1 heterocycles. The van der Waals surface area contributed by atoms with Crippen molar-refractivity contribution in [1.82, 2.24) is 9.55 Å². The smallest absolute Gasteiger partial charge is 0.333 e. The Labute approximate surface area is 165 Å². The zero-order valence-electron chi connectivity index (χ0n) is 16.4. The molecule has 2 N–H and O–H groups in total. The molecule has 0 saturated heterocycles. The number of rotatable bonds is 9. The maximum Gasteiger partial charge on any atom is 0.333 e. The number of hydrogen-bond donors (Lipinski definition) is 1. The maximum atomic E-state index is 12.0. The molecular formula is C21H27N3O4. The number of hydrogen-bond acceptors (Lipinski definition) is 6. The summed E-state index contributed by atoms with van der Waals surface area (Å²) in [6, 6.07) is 7.78. The molecule has 0 spiro atoms. The Bertz CT molecular complexity index is 782. The van der Waals surface area contributed by atoms with Crippen LogP contribution in [0.15, 0.2) is 49.1 Å². The summed E-state index contributed by atoms with van der Waals surface area (Å²) in [5, 5.41) is 0. The molecule has 2 atom stereocenters.